The van der Waals surface area contributed by atoms with Crippen LogP contribution in [0.3, 0.4) is 0 Å². The van der Waals surface area contributed by atoms with Gasteiger partial charge in [-0.1, -0.05) is 0 Å². The maximum absolute atomic E-state index is 11.6. The molecule has 0 aliphatic carbocycles. The van der Waals surface area contributed by atoms with Crippen LogP contribution in [0.15, 0.2) is 18.2 Å². The van der Waals surface area contributed by atoms with Gasteiger partial charge in [-0.05, 0) is 32.9 Å². The van der Waals surface area contributed by atoms with Gasteiger partial charge in [-0.15, -0.1) is 0 Å². The third-order valence-electron chi connectivity index (χ3n) is 2.63. The zero-order chi connectivity index (χ0) is 18.6. The van der Waals surface area contributed by atoms with Crippen LogP contribution in [0.4, 0.5) is 0 Å². The summed E-state index contributed by atoms with van der Waals surface area (Å²) in [6.45, 7) is 4.02. The molecule has 0 atom stereocenters. The molecule has 0 aliphatic heterocycles. The topological polar surface area (TPSA) is 130 Å². The highest BCUT2D eigenvalue weighted by Crippen LogP contribution is 2.34. The largest absolute Gasteiger partial charge is 0.382 e. The summed E-state index contributed by atoms with van der Waals surface area (Å²) in [4.78, 5) is 0. The van der Waals surface area contributed by atoms with Crippen molar-refractivity contribution in [3.8, 4) is 17.2 Å². The molecular formula is C12H18O9S3. The maximum Gasteiger partial charge on any atom is 0.309 e. The summed E-state index contributed by atoms with van der Waals surface area (Å²) in [7, 11) is -11.8. The fourth-order valence-corrected chi connectivity index (χ4v) is 2.84. The molecule has 0 saturated heterocycles. The molecule has 138 valence electrons. The van der Waals surface area contributed by atoms with Crippen LogP contribution in [0.2, 0.25) is 0 Å². The van der Waals surface area contributed by atoms with Gasteiger partial charge in [0.15, 0.2) is 11.5 Å². The molecule has 0 heterocycles. The second kappa shape index (κ2) is 7.57. The molecule has 9 nitrogen and oxygen atoms in total. The van der Waals surface area contributed by atoms with Crippen molar-refractivity contribution in [2.24, 2.45) is 0 Å². The fourth-order valence-electron chi connectivity index (χ4n) is 1.27. The van der Waals surface area contributed by atoms with Crippen LogP contribution in [-0.2, 0) is 30.4 Å². The van der Waals surface area contributed by atoms with E-state index < -0.39 is 41.9 Å². The lowest BCUT2D eigenvalue weighted by atomic mass is 10.3. The zero-order valence-electron chi connectivity index (χ0n) is 13.3. The SMILES string of the molecule is CCS(=O)(=O)Oc1ccc(OS(=O)(=O)CC)c(OS(=O)(=O)CC)c1. The lowest BCUT2D eigenvalue weighted by molar-refractivity contribution is 0.446. The second-order valence-electron chi connectivity index (χ2n) is 4.40. The van der Waals surface area contributed by atoms with Crippen molar-refractivity contribution in [3.63, 3.8) is 0 Å². The monoisotopic (exact) mass is 402 g/mol. The normalized spacial score (nSPS) is 12.6. The summed E-state index contributed by atoms with van der Waals surface area (Å²) in [5, 5.41) is 0. The summed E-state index contributed by atoms with van der Waals surface area (Å²) >= 11 is 0. The Hall–Kier alpha value is -1.53. The molecule has 0 fully saturated rings. The van der Waals surface area contributed by atoms with Crippen LogP contribution < -0.4 is 12.5 Å². The van der Waals surface area contributed by atoms with Crippen LogP contribution in [0.1, 0.15) is 20.8 Å². The molecule has 0 spiro atoms. The lowest BCUT2D eigenvalue weighted by Gasteiger charge is -2.13. The van der Waals surface area contributed by atoms with Crippen molar-refractivity contribution in [1.82, 2.24) is 0 Å². The highest BCUT2D eigenvalue weighted by Gasteiger charge is 2.21. The van der Waals surface area contributed by atoms with E-state index in [4.69, 9.17) is 12.5 Å². The summed E-state index contributed by atoms with van der Waals surface area (Å²) < 4.78 is 83.6. The van der Waals surface area contributed by atoms with Gasteiger partial charge in [0.1, 0.15) is 5.75 Å². The van der Waals surface area contributed by atoms with E-state index in [1.165, 1.54) is 20.8 Å². The average Bonchev–Trinajstić information content (AvgIpc) is 2.49. The highest BCUT2D eigenvalue weighted by molar-refractivity contribution is 7.87. The summed E-state index contributed by atoms with van der Waals surface area (Å²) in [5.41, 5.74) is 0. The first-order valence-electron chi connectivity index (χ1n) is 6.84. The van der Waals surface area contributed by atoms with Gasteiger partial charge in [-0.3, -0.25) is 0 Å². The Morgan fingerprint density at radius 2 is 1.08 bits per heavy atom. The lowest BCUT2D eigenvalue weighted by Crippen LogP contribution is -2.16. The van der Waals surface area contributed by atoms with Gasteiger partial charge in [-0.2, -0.15) is 25.3 Å². The first kappa shape index (κ1) is 20.5. The second-order valence-corrected chi connectivity index (χ2v) is 9.98. The first-order valence-corrected chi connectivity index (χ1v) is 11.6. The molecule has 0 N–H and O–H groups in total. The predicted molar refractivity (Wildman–Crippen MR) is 86.7 cm³/mol. The first-order chi connectivity index (χ1) is 10.9. The number of benzene rings is 1. The molecule has 0 radical (unpaired) electrons. The van der Waals surface area contributed by atoms with Crippen molar-refractivity contribution in [2.75, 3.05) is 17.3 Å². The van der Waals surface area contributed by atoms with Crippen molar-refractivity contribution >= 4 is 30.4 Å². The molecule has 12 heteroatoms. The third-order valence-corrected chi connectivity index (χ3v) is 6.07. The van der Waals surface area contributed by atoms with E-state index in [0.29, 0.717) is 0 Å². The van der Waals surface area contributed by atoms with Crippen molar-refractivity contribution in [1.29, 1.82) is 0 Å². The molecule has 1 aromatic rings. The van der Waals surface area contributed by atoms with Gasteiger partial charge >= 0.3 is 30.4 Å². The van der Waals surface area contributed by atoms with E-state index >= 15 is 0 Å². The molecular weight excluding hydrogens is 384 g/mol. The molecule has 0 unspecified atom stereocenters. The molecule has 1 aromatic carbocycles. The number of hydrogen-bond donors (Lipinski definition) is 0. The van der Waals surface area contributed by atoms with E-state index in [-0.39, 0.29) is 23.0 Å². The molecule has 0 aliphatic rings. The van der Waals surface area contributed by atoms with Gasteiger partial charge in [-0.25, -0.2) is 0 Å². The van der Waals surface area contributed by atoms with Crippen LogP contribution >= 0.6 is 0 Å². The Bertz CT molecular complexity index is 884. The Labute approximate surface area is 141 Å². The third kappa shape index (κ3) is 6.17. The quantitative estimate of drug-likeness (QED) is 0.552. The van der Waals surface area contributed by atoms with Gasteiger partial charge in [0.25, 0.3) is 0 Å². The van der Waals surface area contributed by atoms with E-state index in [9.17, 15) is 25.3 Å². The van der Waals surface area contributed by atoms with Gasteiger partial charge in [0, 0.05) is 6.07 Å². The Morgan fingerprint density at radius 1 is 0.667 bits per heavy atom. The zero-order valence-corrected chi connectivity index (χ0v) is 15.7. The van der Waals surface area contributed by atoms with Crippen LogP contribution in [0, 0.1) is 0 Å². The molecule has 0 amide bonds. The average molecular weight is 402 g/mol. The van der Waals surface area contributed by atoms with Gasteiger partial charge in [0.2, 0.25) is 0 Å². The van der Waals surface area contributed by atoms with Gasteiger partial charge in [0.05, 0.1) is 17.3 Å². The standard InChI is InChI=1S/C12H18O9S3/c1-4-22(13,14)19-10-7-8-11(20-23(15,16)5-2)12(9-10)21-24(17,18)6-3/h7-9H,4-6H2,1-3H3. The van der Waals surface area contributed by atoms with E-state index in [1.54, 1.807) is 0 Å². The highest BCUT2D eigenvalue weighted by atomic mass is 32.2. The Balaban J connectivity index is 3.34. The number of rotatable bonds is 9. The predicted octanol–water partition coefficient (Wildman–Crippen LogP) is 0.872. The minimum Gasteiger partial charge on any atom is -0.382 e. The maximum atomic E-state index is 11.6. The summed E-state index contributed by atoms with van der Waals surface area (Å²) in [6.07, 6.45) is 0. The fraction of sp³-hybridized carbons (Fsp3) is 0.500. The van der Waals surface area contributed by atoms with Crippen molar-refractivity contribution in [2.45, 2.75) is 20.8 Å². The Kier molecular flexibility index (Phi) is 6.47. The number of hydrogen-bond acceptors (Lipinski definition) is 9. The minimum absolute atomic E-state index is 0.237. The van der Waals surface area contributed by atoms with Crippen molar-refractivity contribution < 1.29 is 37.8 Å². The summed E-state index contributed by atoms with van der Waals surface area (Å²) in [6, 6.07) is 3.11. The smallest absolute Gasteiger partial charge is 0.309 e. The van der Waals surface area contributed by atoms with E-state index in [2.05, 4.69) is 0 Å². The molecule has 0 aromatic heterocycles. The Morgan fingerprint density at radius 3 is 1.54 bits per heavy atom. The molecule has 1 rings (SSSR count). The van der Waals surface area contributed by atoms with E-state index in [0.717, 1.165) is 18.2 Å². The van der Waals surface area contributed by atoms with Gasteiger partial charge < -0.3 is 12.5 Å². The van der Waals surface area contributed by atoms with Crippen molar-refractivity contribution in [3.05, 3.63) is 18.2 Å². The molecule has 0 bridgehead atoms. The van der Waals surface area contributed by atoms with E-state index in [1.807, 2.05) is 0 Å². The van der Waals surface area contributed by atoms with Crippen LogP contribution in [0.25, 0.3) is 0 Å². The minimum atomic E-state index is -4.00. The summed E-state index contributed by atoms with van der Waals surface area (Å²) in [5.74, 6) is -2.16. The van der Waals surface area contributed by atoms with Crippen LogP contribution in [0.5, 0.6) is 17.2 Å². The molecule has 24 heavy (non-hydrogen) atoms. The molecule has 0 saturated carbocycles. The van der Waals surface area contributed by atoms with Crippen LogP contribution in [-0.4, -0.2) is 42.5 Å².